The molecule has 0 saturated heterocycles. The molecule has 2 heterocycles. The Hall–Kier alpha value is -2.91. The third-order valence-corrected chi connectivity index (χ3v) is 5.76. The van der Waals surface area contributed by atoms with E-state index in [0.29, 0.717) is 16.8 Å². The number of amides is 1. The van der Waals surface area contributed by atoms with Crippen molar-refractivity contribution in [2.24, 2.45) is 0 Å². The van der Waals surface area contributed by atoms with Crippen LogP contribution >= 0.6 is 11.3 Å². The van der Waals surface area contributed by atoms with Crippen molar-refractivity contribution in [2.45, 2.75) is 32.5 Å². The predicted molar refractivity (Wildman–Crippen MR) is 115 cm³/mol. The monoisotopic (exact) mass is 447 g/mol. The number of nitrogens with one attached hydrogen (secondary N) is 1. The summed E-state index contributed by atoms with van der Waals surface area (Å²) in [6, 6.07) is 10.1. The molecule has 0 atom stereocenters. The Bertz CT molecular complexity index is 1280. The van der Waals surface area contributed by atoms with Gasteiger partial charge in [-0.05, 0) is 63.2 Å². The first kappa shape index (κ1) is 21.3. The second kappa shape index (κ2) is 7.35. The average Bonchev–Trinajstić information content (AvgIpc) is 3.19. The van der Waals surface area contributed by atoms with Gasteiger partial charge in [-0.1, -0.05) is 0 Å². The van der Waals surface area contributed by atoms with E-state index >= 15 is 0 Å². The largest absolute Gasteiger partial charge is 0.416 e. The first-order chi connectivity index (χ1) is 14.4. The molecule has 5 nitrogen and oxygen atoms in total. The maximum atomic E-state index is 13.0. The van der Waals surface area contributed by atoms with Crippen molar-refractivity contribution in [3.63, 3.8) is 0 Å². The molecule has 0 spiro atoms. The topological polar surface area (TPSA) is 67.2 Å². The van der Waals surface area contributed by atoms with E-state index < -0.39 is 17.3 Å². The molecule has 0 aliphatic rings. The molecule has 4 aromatic rings. The molecule has 1 amide bonds. The van der Waals surface area contributed by atoms with Crippen LogP contribution < -0.4 is 5.32 Å². The zero-order valence-corrected chi connectivity index (χ0v) is 17.9. The van der Waals surface area contributed by atoms with Gasteiger partial charge >= 0.3 is 6.18 Å². The van der Waals surface area contributed by atoms with Crippen LogP contribution in [0.1, 0.15) is 34.8 Å². The van der Waals surface area contributed by atoms with Gasteiger partial charge in [0.2, 0.25) is 0 Å². The number of aromatic nitrogens is 2. The van der Waals surface area contributed by atoms with Crippen LogP contribution in [0.25, 0.3) is 26.9 Å². The Kier molecular flexibility index (Phi) is 5.06. The summed E-state index contributed by atoms with van der Waals surface area (Å²) < 4.78 is 40.7. The number of benzene rings is 2. The molecule has 162 valence electrons. The molecule has 31 heavy (non-hydrogen) atoms. The SMILES string of the molecule is Cc1nc2c3cc(C(=O)NCC(C)(C)O)ccc3n(-c3ccc(C(F)(F)F)cc3)c2s1. The van der Waals surface area contributed by atoms with Gasteiger partial charge in [0.15, 0.2) is 0 Å². The zero-order valence-electron chi connectivity index (χ0n) is 17.0. The first-order valence-corrected chi connectivity index (χ1v) is 10.4. The minimum absolute atomic E-state index is 0.0989. The maximum Gasteiger partial charge on any atom is 0.416 e. The Morgan fingerprint density at radius 3 is 2.45 bits per heavy atom. The highest BCUT2D eigenvalue weighted by Crippen LogP contribution is 2.36. The lowest BCUT2D eigenvalue weighted by molar-refractivity contribution is -0.137. The van der Waals surface area contributed by atoms with E-state index in [-0.39, 0.29) is 12.5 Å². The van der Waals surface area contributed by atoms with Crippen molar-refractivity contribution in [2.75, 3.05) is 6.54 Å². The van der Waals surface area contributed by atoms with Crippen molar-refractivity contribution in [1.29, 1.82) is 0 Å². The molecule has 0 saturated carbocycles. The van der Waals surface area contributed by atoms with Gasteiger partial charge < -0.3 is 10.4 Å². The summed E-state index contributed by atoms with van der Waals surface area (Å²) in [5.74, 6) is -0.327. The number of fused-ring (bicyclic) bond motifs is 3. The van der Waals surface area contributed by atoms with E-state index in [1.54, 1.807) is 32.0 Å². The number of alkyl halides is 3. The normalized spacial score (nSPS) is 12.6. The van der Waals surface area contributed by atoms with Crippen LogP contribution in [-0.4, -0.2) is 32.7 Å². The van der Waals surface area contributed by atoms with Crippen LogP contribution in [-0.2, 0) is 6.18 Å². The van der Waals surface area contributed by atoms with Crippen molar-refractivity contribution >= 4 is 38.5 Å². The molecule has 2 N–H and O–H groups in total. The predicted octanol–water partition coefficient (Wildman–Crippen LogP) is 5.07. The van der Waals surface area contributed by atoms with Crippen molar-refractivity contribution in [3.8, 4) is 5.69 Å². The quantitative estimate of drug-likeness (QED) is 0.459. The van der Waals surface area contributed by atoms with Crippen molar-refractivity contribution < 1.29 is 23.1 Å². The summed E-state index contributed by atoms with van der Waals surface area (Å²) in [5, 5.41) is 14.1. The van der Waals surface area contributed by atoms with Gasteiger partial charge in [0.25, 0.3) is 5.91 Å². The summed E-state index contributed by atoms with van der Waals surface area (Å²) in [7, 11) is 0. The van der Waals surface area contributed by atoms with Crippen LogP contribution in [0.4, 0.5) is 13.2 Å². The van der Waals surface area contributed by atoms with Gasteiger partial charge in [-0.3, -0.25) is 9.36 Å². The highest BCUT2D eigenvalue weighted by Gasteiger charge is 2.30. The molecule has 9 heteroatoms. The van der Waals surface area contributed by atoms with Crippen LogP contribution in [0, 0.1) is 6.92 Å². The molecule has 0 radical (unpaired) electrons. The summed E-state index contributed by atoms with van der Waals surface area (Å²) in [6.45, 7) is 5.15. The number of thiazole rings is 1. The lowest BCUT2D eigenvalue weighted by atomic mass is 10.1. The molecule has 2 aromatic heterocycles. The molecular weight excluding hydrogens is 427 g/mol. The van der Waals surface area contributed by atoms with Crippen LogP contribution in [0.2, 0.25) is 0 Å². The highest BCUT2D eigenvalue weighted by molar-refractivity contribution is 7.18. The molecule has 0 unspecified atom stereocenters. The molecule has 2 aromatic carbocycles. The summed E-state index contributed by atoms with van der Waals surface area (Å²) in [4.78, 5) is 17.9. The van der Waals surface area contributed by atoms with Gasteiger partial charge in [0.1, 0.15) is 10.3 Å². The van der Waals surface area contributed by atoms with E-state index in [0.717, 1.165) is 32.9 Å². The third-order valence-electron chi connectivity index (χ3n) is 4.81. The standard InChI is InChI=1S/C22H20F3N3O2S/c1-12-27-18-16-10-13(19(29)26-11-21(2,3)30)4-9-17(16)28(20(18)31-12)15-7-5-14(6-8-15)22(23,24)25/h4-10,30H,11H2,1-3H3,(H,26,29). The highest BCUT2D eigenvalue weighted by atomic mass is 32.1. The van der Waals surface area contributed by atoms with E-state index in [9.17, 15) is 23.1 Å². The Labute approximate surface area is 180 Å². The molecule has 0 aliphatic carbocycles. The lowest BCUT2D eigenvalue weighted by Gasteiger charge is -2.17. The number of hydrogen-bond donors (Lipinski definition) is 2. The van der Waals surface area contributed by atoms with Gasteiger partial charge in [0, 0.05) is 23.2 Å². The number of rotatable bonds is 4. The Morgan fingerprint density at radius 1 is 1.16 bits per heavy atom. The number of aliphatic hydroxyl groups is 1. The van der Waals surface area contributed by atoms with Crippen LogP contribution in [0.5, 0.6) is 0 Å². The number of aryl methyl sites for hydroxylation is 1. The number of hydrogen-bond acceptors (Lipinski definition) is 4. The van der Waals surface area contributed by atoms with Crippen molar-refractivity contribution in [1.82, 2.24) is 14.9 Å². The van der Waals surface area contributed by atoms with Gasteiger partial charge in [-0.2, -0.15) is 13.2 Å². The van der Waals surface area contributed by atoms with Gasteiger partial charge in [0.05, 0.1) is 21.7 Å². The zero-order chi connectivity index (χ0) is 22.6. The molecule has 0 bridgehead atoms. The summed E-state index contributed by atoms with van der Waals surface area (Å²) in [6.07, 6.45) is -4.40. The molecule has 0 aliphatic heterocycles. The van der Waals surface area contributed by atoms with Crippen LogP contribution in [0.15, 0.2) is 42.5 Å². The smallest absolute Gasteiger partial charge is 0.389 e. The second-order valence-corrected chi connectivity index (χ2v) is 9.18. The number of carbonyl (C=O) groups is 1. The Morgan fingerprint density at radius 2 is 1.84 bits per heavy atom. The summed E-state index contributed by atoms with van der Waals surface area (Å²) in [5.41, 5.74) is 0.673. The van der Waals surface area contributed by atoms with E-state index in [4.69, 9.17) is 0 Å². The molecule has 0 fully saturated rings. The second-order valence-electron chi connectivity index (χ2n) is 7.99. The van der Waals surface area contributed by atoms with E-state index in [1.807, 2.05) is 11.5 Å². The van der Waals surface area contributed by atoms with Crippen molar-refractivity contribution in [3.05, 3.63) is 58.6 Å². The first-order valence-electron chi connectivity index (χ1n) is 9.54. The molecular formula is C22H20F3N3O2S. The van der Waals surface area contributed by atoms with Gasteiger partial charge in [-0.15, -0.1) is 11.3 Å². The fraction of sp³-hybridized carbons (Fsp3) is 0.273. The van der Waals surface area contributed by atoms with E-state index in [1.165, 1.54) is 23.5 Å². The average molecular weight is 447 g/mol. The maximum absolute atomic E-state index is 13.0. The fourth-order valence-electron chi connectivity index (χ4n) is 3.37. The Balaban J connectivity index is 1.82. The molecule has 4 rings (SSSR count). The van der Waals surface area contributed by atoms with Gasteiger partial charge in [-0.25, -0.2) is 4.98 Å². The number of nitrogens with zero attached hydrogens (tertiary/aromatic N) is 2. The van der Waals surface area contributed by atoms with E-state index in [2.05, 4.69) is 10.3 Å². The lowest BCUT2D eigenvalue weighted by Crippen LogP contribution is -2.38. The number of halogens is 3. The minimum atomic E-state index is -4.40. The summed E-state index contributed by atoms with van der Waals surface area (Å²) >= 11 is 1.43. The fourth-order valence-corrected chi connectivity index (χ4v) is 4.33. The number of carbonyl (C=O) groups excluding carboxylic acids is 1. The minimum Gasteiger partial charge on any atom is -0.389 e. The van der Waals surface area contributed by atoms with Crippen LogP contribution in [0.3, 0.4) is 0 Å². The third kappa shape index (κ3) is 4.15.